The Morgan fingerprint density at radius 3 is 2.27 bits per heavy atom. The molecule has 1 heterocycles. The lowest BCUT2D eigenvalue weighted by molar-refractivity contribution is -0.137. The minimum Gasteiger partial charge on any atom is -0.465 e. The Morgan fingerprint density at radius 2 is 1.73 bits per heavy atom. The maximum Gasteiger partial charge on any atom is 0.409 e. The van der Waals surface area contributed by atoms with Crippen LogP contribution in [0, 0.1) is 0 Å². The van der Waals surface area contributed by atoms with Gasteiger partial charge in [-0.1, -0.05) is 19.1 Å². The molecule has 1 aromatic rings. The number of amides is 3. The summed E-state index contributed by atoms with van der Waals surface area (Å²) in [6, 6.07) is 6.18. The van der Waals surface area contributed by atoms with Gasteiger partial charge in [-0.2, -0.15) is 0 Å². The number of hydrogen-bond donors (Lipinski definition) is 3. The lowest BCUT2D eigenvalue weighted by Gasteiger charge is -2.34. The van der Waals surface area contributed by atoms with Crippen molar-refractivity contribution in [3.8, 4) is 0 Å². The van der Waals surface area contributed by atoms with Crippen molar-refractivity contribution in [2.75, 3.05) is 38.5 Å². The van der Waals surface area contributed by atoms with Gasteiger partial charge >= 0.3 is 6.09 Å². The summed E-state index contributed by atoms with van der Waals surface area (Å²) in [6.07, 6.45) is -0.450. The molecule has 1 saturated heterocycles. The van der Waals surface area contributed by atoms with E-state index in [9.17, 15) is 14.4 Å². The number of rotatable bonds is 6. The number of anilines is 1. The molecule has 0 bridgehead atoms. The molecule has 1 atom stereocenters. The van der Waals surface area contributed by atoms with Crippen LogP contribution in [0.5, 0.6) is 0 Å². The molecule has 3 N–H and O–H groups in total. The van der Waals surface area contributed by atoms with Crippen LogP contribution in [-0.2, 0) is 16.0 Å². The maximum absolute atomic E-state index is 12.9. The molecule has 0 saturated carbocycles. The summed E-state index contributed by atoms with van der Waals surface area (Å²) in [7, 11) is 2.02. The van der Waals surface area contributed by atoms with Crippen molar-refractivity contribution in [1.82, 2.24) is 15.1 Å². The molecule has 142 valence electrons. The van der Waals surface area contributed by atoms with Crippen molar-refractivity contribution >= 4 is 23.6 Å². The fraction of sp³-hybridized carbons (Fsp3) is 0.500. The highest BCUT2D eigenvalue weighted by molar-refractivity contribution is 5.88. The van der Waals surface area contributed by atoms with Gasteiger partial charge in [0.05, 0.1) is 0 Å². The summed E-state index contributed by atoms with van der Waals surface area (Å²) in [5.41, 5.74) is 1.31. The highest BCUT2D eigenvalue weighted by atomic mass is 16.4. The zero-order valence-electron chi connectivity index (χ0n) is 15.2. The van der Waals surface area contributed by atoms with Gasteiger partial charge in [0, 0.05) is 44.7 Å². The van der Waals surface area contributed by atoms with Crippen LogP contribution in [0.4, 0.5) is 10.5 Å². The summed E-state index contributed by atoms with van der Waals surface area (Å²) >= 11 is 0. The molecule has 0 spiro atoms. The average Bonchev–Trinajstić information content (AvgIpc) is 2.62. The van der Waals surface area contributed by atoms with Crippen LogP contribution in [-0.4, -0.2) is 72.1 Å². The number of carbonyl (C=O) groups is 3. The lowest BCUT2D eigenvalue weighted by Crippen LogP contribution is -2.54. The highest BCUT2D eigenvalue weighted by Gasteiger charge is 2.27. The number of nitrogens with one attached hydrogen (secondary N) is 2. The molecule has 1 aliphatic heterocycles. The van der Waals surface area contributed by atoms with Gasteiger partial charge in [-0.05, 0) is 24.7 Å². The van der Waals surface area contributed by atoms with Crippen LogP contribution in [0.25, 0.3) is 0 Å². The fourth-order valence-electron chi connectivity index (χ4n) is 2.83. The number of carboxylic acid groups (broad SMARTS) is 1. The van der Waals surface area contributed by atoms with Crippen LogP contribution in [0.1, 0.15) is 18.9 Å². The Labute approximate surface area is 153 Å². The summed E-state index contributed by atoms with van der Waals surface area (Å²) in [6.45, 7) is 4.68. The number of piperazine rings is 1. The Bertz CT molecular complexity index is 639. The van der Waals surface area contributed by atoms with Crippen molar-refractivity contribution < 1.29 is 19.5 Å². The zero-order valence-corrected chi connectivity index (χ0v) is 15.2. The van der Waals surface area contributed by atoms with Gasteiger partial charge in [-0.25, -0.2) is 4.79 Å². The Kier molecular flexibility index (Phi) is 6.97. The second-order valence-electron chi connectivity index (χ2n) is 6.43. The van der Waals surface area contributed by atoms with Crippen molar-refractivity contribution in [2.24, 2.45) is 0 Å². The van der Waals surface area contributed by atoms with Gasteiger partial charge in [0.15, 0.2) is 0 Å². The number of nitrogens with zero attached hydrogens (tertiary/aromatic N) is 2. The lowest BCUT2D eigenvalue weighted by atomic mass is 10.0. The summed E-state index contributed by atoms with van der Waals surface area (Å²) in [4.78, 5) is 39.4. The molecular weight excluding hydrogens is 336 g/mol. The number of benzene rings is 1. The van der Waals surface area contributed by atoms with E-state index in [0.29, 0.717) is 31.6 Å². The molecule has 3 amide bonds. The molecule has 0 unspecified atom stereocenters. The molecule has 0 radical (unpaired) electrons. The van der Waals surface area contributed by atoms with E-state index in [4.69, 9.17) is 5.11 Å². The molecule has 8 heteroatoms. The van der Waals surface area contributed by atoms with E-state index < -0.39 is 12.1 Å². The van der Waals surface area contributed by atoms with Crippen molar-refractivity contribution in [3.05, 3.63) is 29.8 Å². The number of carbonyl (C=O) groups excluding carboxylic acids is 2. The van der Waals surface area contributed by atoms with Gasteiger partial charge in [0.2, 0.25) is 11.8 Å². The van der Waals surface area contributed by atoms with Crippen LogP contribution in [0.15, 0.2) is 24.3 Å². The highest BCUT2D eigenvalue weighted by Crippen LogP contribution is 2.13. The Morgan fingerprint density at radius 1 is 1.12 bits per heavy atom. The van der Waals surface area contributed by atoms with Crippen LogP contribution >= 0.6 is 0 Å². The first-order chi connectivity index (χ1) is 12.4. The molecule has 1 aromatic carbocycles. The van der Waals surface area contributed by atoms with E-state index in [2.05, 4.69) is 15.5 Å². The monoisotopic (exact) mass is 362 g/mol. The minimum atomic E-state index is -1.13. The largest absolute Gasteiger partial charge is 0.465 e. The van der Waals surface area contributed by atoms with E-state index in [1.54, 1.807) is 36.1 Å². The summed E-state index contributed by atoms with van der Waals surface area (Å²) < 4.78 is 0. The smallest absolute Gasteiger partial charge is 0.409 e. The second-order valence-corrected chi connectivity index (χ2v) is 6.43. The molecule has 8 nitrogen and oxygen atoms in total. The Balaban J connectivity index is 2.07. The van der Waals surface area contributed by atoms with Gasteiger partial charge < -0.3 is 20.2 Å². The average molecular weight is 362 g/mol. The van der Waals surface area contributed by atoms with Gasteiger partial charge in [-0.3, -0.25) is 14.9 Å². The van der Waals surface area contributed by atoms with Crippen molar-refractivity contribution in [3.63, 3.8) is 0 Å². The molecule has 1 aliphatic rings. The summed E-state index contributed by atoms with van der Waals surface area (Å²) in [5, 5.41) is 13.8. The van der Waals surface area contributed by atoms with Gasteiger partial charge in [-0.15, -0.1) is 0 Å². The normalized spacial score (nSPS) is 16.0. The van der Waals surface area contributed by atoms with Crippen LogP contribution < -0.4 is 10.6 Å². The third kappa shape index (κ3) is 5.73. The van der Waals surface area contributed by atoms with E-state index in [1.165, 1.54) is 0 Å². The number of likely N-dealkylation sites (N-methyl/N-ethyl adjacent to an activating group) is 1. The van der Waals surface area contributed by atoms with Gasteiger partial charge in [0.1, 0.15) is 6.04 Å². The predicted molar refractivity (Wildman–Crippen MR) is 98.1 cm³/mol. The Hall–Kier alpha value is -2.61. The van der Waals surface area contributed by atoms with Crippen molar-refractivity contribution in [1.29, 1.82) is 0 Å². The zero-order chi connectivity index (χ0) is 19.1. The first-order valence-corrected chi connectivity index (χ1v) is 8.74. The first-order valence-electron chi connectivity index (χ1n) is 8.74. The summed E-state index contributed by atoms with van der Waals surface area (Å²) in [5.74, 6) is -0.241. The van der Waals surface area contributed by atoms with Gasteiger partial charge in [0.25, 0.3) is 0 Å². The fourth-order valence-corrected chi connectivity index (χ4v) is 2.83. The molecule has 0 aliphatic carbocycles. The molecule has 2 rings (SSSR count). The third-order valence-corrected chi connectivity index (χ3v) is 4.41. The quantitative estimate of drug-likeness (QED) is 0.700. The number of hydrogen-bond acceptors (Lipinski definition) is 4. The maximum atomic E-state index is 12.9. The van der Waals surface area contributed by atoms with E-state index in [1.807, 2.05) is 7.05 Å². The molecule has 1 fully saturated rings. The van der Waals surface area contributed by atoms with E-state index >= 15 is 0 Å². The minimum absolute atomic E-state index is 0.0763. The van der Waals surface area contributed by atoms with E-state index in [-0.39, 0.29) is 11.8 Å². The molecule has 26 heavy (non-hydrogen) atoms. The topological polar surface area (TPSA) is 102 Å². The third-order valence-electron chi connectivity index (χ3n) is 4.41. The van der Waals surface area contributed by atoms with Crippen LogP contribution in [0.3, 0.4) is 0 Å². The predicted octanol–water partition coefficient (Wildman–Crippen LogP) is 0.988. The van der Waals surface area contributed by atoms with Crippen LogP contribution in [0.2, 0.25) is 0 Å². The molecular formula is C18H26N4O4. The molecule has 0 aromatic heterocycles. The van der Waals surface area contributed by atoms with Crippen molar-refractivity contribution in [2.45, 2.75) is 25.8 Å². The SMILES string of the molecule is CCC(=O)N[C@H](Cc1ccc(NC(=O)O)cc1)C(=O)N1CCN(C)CC1. The standard InChI is InChI=1S/C18H26N4O4/c1-3-16(23)20-15(17(24)22-10-8-21(2)9-11-22)12-13-4-6-14(7-5-13)19-18(25)26/h4-7,15,19H,3,8-12H2,1-2H3,(H,20,23)(H,25,26)/t15-/m1/s1. The first kappa shape index (κ1) is 19.7. The van der Waals surface area contributed by atoms with E-state index in [0.717, 1.165) is 18.7 Å². The second kappa shape index (κ2) is 9.19.